The summed E-state index contributed by atoms with van der Waals surface area (Å²) in [7, 11) is 0. The van der Waals surface area contributed by atoms with Crippen LogP contribution in [0.5, 0.6) is 0 Å². The Hall–Kier alpha value is -1.90. The lowest BCUT2D eigenvalue weighted by atomic mass is 9.86. The molecule has 3 heteroatoms. The Labute approximate surface area is 119 Å². The second-order valence-electron chi connectivity index (χ2n) is 6.79. The van der Waals surface area contributed by atoms with Gasteiger partial charge in [0.05, 0.1) is 5.52 Å². The Bertz CT molecular complexity index is 776. The summed E-state index contributed by atoms with van der Waals surface area (Å²) in [4.78, 5) is 12.5. The molecule has 1 N–H and O–H groups in total. The van der Waals surface area contributed by atoms with Crippen molar-refractivity contribution in [2.45, 2.75) is 46.0 Å². The maximum atomic E-state index is 4.57. The second kappa shape index (κ2) is 4.30. The number of H-pyrrole nitrogens is 1. The van der Waals surface area contributed by atoms with Crippen LogP contribution < -0.4 is 0 Å². The van der Waals surface area contributed by atoms with Crippen molar-refractivity contribution in [2.75, 3.05) is 0 Å². The fraction of sp³-hybridized carbons (Fsp3) is 0.412. The monoisotopic (exact) mass is 267 g/mol. The topological polar surface area (TPSA) is 41.6 Å². The van der Waals surface area contributed by atoms with Crippen molar-refractivity contribution >= 4 is 21.9 Å². The first-order valence-electron chi connectivity index (χ1n) is 7.15. The third-order valence-electron chi connectivity index (χ3n) is 3.76. The van der Waals surface area contributed by atoms with Crippen LogP contribution in [0.25, 0.3) is 21.9 Å². The van der Waals surface area contributed by atoms with Crippen molar-refractivity contribution in [3.63, 3.8) is 0 Å². The van der Waals surface area contributed by atoms with E-state index in [1.165, 1.54) is 16.3 Å². The highest BCUT2D eigenvalue weighted by Crippen LogP contribution is 2.29. The lowest BCUT2D eigenvalue weighted by Gasteiger charge is -2.19. The zero-order valence-electron chi connectivity index (χ0n) is 12.8. The second-order valence-corrected chi connectivity index (χ2v) is 6.79. The highest BCUT2D eigenvalue weighted by molar-refractivity contribution is 6.02. The minimum atomic E-state index is 0.153. The predicted octanol–water partition coefficient (Wildman–Crippen LogP) is 4.53. The van der Waals surface area contributed by atoms with Crippen LogP contribution in [0.15, 0.2) is 24.4 Å². The summed E-state index contributed by atoms with van der Waals surface area (Å²) >= 11 is 0. The number of nitrogens with zero attached hydrogens (tertiary/aromatic N) is 2. The summed E-state index contributed by atoms with van der Waals surface area (Å²) in [5.74, 6) is 1.38. The number of imidazole rings is 1. The molecule has 2 aromatic heterocycles. The summed E-state index contributed by atoms with van der Waals surface area (Å²) in [6, 6.07) is 6.62. The van der Waals surface area contributed by atoms with Gasteiger partial charge in [-0.15, -0.1) is 0 Å². The van der Waals surface area contributed by atoms with Gasteiger partial charge in [-0.1, -0.05) is 46.8 Å². The molecule has 3 nitrogen and oxygen atoms in total. The van der Waals surface area contributed by atoms with E-state index in [1.54, 1.807) is 0 Å². The van der Waals surface area contributed by atoms with Gasteiger partial charge < -0.3 is 4.98 Å². The fourth-order valence-corrected chi connectivity index (χ4v) is 2.43. The summed E-state index contributed by atoms with van der Waals surface area (Å²) in [6.45, 7) is 11.0. The summed E-state index contributed by atoms with van der Waals surface area (Å²) < 4.78 is 0. The van der Waals surface area contributed by atoms with Gasteiger partial charge in [-0.05, 0) is 17.0 Å². The Balaban J connectivity index is 2.27. The number of fused-ring (bicyclic) bond motifs is 3. The molecule has 0 aliphatic carbocycles. The van der Waals surface area contributed by atoms with Crippen LogP contribution in [0.4, 0.5) is 0 Å². The van der Waals surface area contributed by atoms with E-state index >= 15 is 0 Å². The maximum Gasteiger partial charge on any atom is 0.178 e. The SMILES string of the molecule is CC(C)c1nc2ncc3cc(C(C)(C)C)ccc3c2[nH]1. The third-order valence-corrected chi connectivity index (χ3v) is 3.76. The van der Waals surface area contributed by atoms with Crippen LogP contribution in [0, 0.1) is 0 Å². The molecule has 0 radical (unpaired) electrons. The molecule has 0 amide bonds. The van der Waals surface area contributed by atoms with E-state index in [9.17, 15) is 0 Å². The number of rotatable bonds is 1. The van der Waals surface area contributed by atoms with Crippen molar-refractivity contribution in [2.24, 2.45) is 0 Å². The van der Waals surface area contributed by atoms with E-state index in [-0.39, 0.29) is 5.41 Å². The van der Waals surface area contributed by atoms with E-state index in [4.69, 9.17) is 0 Å². The molecular formula is C17H21N3. The first-order valence-corrected chi connectivity index (χ1v) is 7.15. The van der Waals surface area contributed by atoms with Gasteiger partial charge >= 0.3 is 0 Å². The van der Waals surface area contributed by atoms with E-state index in [0.29, 0.717) is 5.92 Å². The minimum Gasteiger partial charge on any atom is -0.340 e. The zero-order chi connectivity index (χ0) is 14.5. The molecule has 0 aliphatic rings. The average molecular weight is 267 g/mol. The number of hydrogen-bond donors (Lipinski definition) is 1. The predicted molar refractivity (Wildman–Crippen MR) is 84.2 cm³/mol. The lowest BCUT2D eigenvalue weighted by molar-refractivity contribution is 0.591. The van der Waals surface area contributed by atoms with Gasteiger partial charge in [0.15, 0.2) is 5.65 Å². The first kappa shape index (κ1) is 13.1. The van der Waals surface area contributed by atoms with Crippen LogP contribution in [0.1, 0.15) is 51.9 Å². The van der Waals surface area contributed by atoms with E-state index in [0.717, 1.165) is 17.0 Å². The molecule has 2 heterocycles. The van der Waals surface area contributed by atoms with Gasteiger partial charge in [-0.2, -0.15) is 0 Å². The minimum absolute atomic E-state index is 0.153. The van der Waals surface area contributed by atoms with Crippen molar-refractivity contribution in [3.05, 3.63) is 35.8 Å². The molecule has 0 fully saturated rings. The van der Waals surface area contributed by atoms with Crippen LogP contribution in [0.3, 0.4) is 0 Å². The molecule has 0 spiro atoms. The molecular weight excluding hydrogens is 246 g/mol. The Morgan fingerprint density at radius 3 is 2.55 bits per heavy atom. The van der Waals surface area contributed by atoms with Gasteiger partial charge in [0.1, 0.15) is 5.82 Å². The van der Waals surface area contributed by atoms with Crippen molar-refractivity contribution in [3.8, 4) is 0 Å². The molecule has 0 saturated carbocycles. The summed E-state index contributed by atoms with van der Waals surface area (Å²) in [6.07, 6.45) is 1.93. The van der Waals surface area contributed by atoms with Crippen molar-refractivity contribution < 1.29 is 0 Å². The Morgan fingerprint density at radius 2 is 1.90 bits per heavy atom. The van der Waals surface area contributed by atoms with E-state index in [1.807, 2.05) is 6.20 Å². The van der Waals surface area contributed by atoms with Gasteiger partial charge in [0, 0.05) is 22.9 Å². The quantitative estimate of drug-likeness (QED) is 0.703. The average Bonchev–Trinajstić information content (AvgIpc) is 2.81. The highest BCUT2D eigenvalue weighted by Gasteiger charge is 2.15. The van der Waals surface area contributed by atoms with Gasteiger partial charge in [-0.25, -0.2) is 9.97 Å². The number of hydrogen-bond acceptors (Lipinski definition) is 2. The first-order chi connectivity index (χ1) is 9.36. The molecule has 0 atom stereocenters. The molecule has 3 aromatic rings. The summed E-state index contributed by atoms with van der Waals surface area (Å²) in [5.41, 5.74) is 3.34. The van der Waals surface area contributed by atoms with Crippen molar-refractivity contribution in [1.82, 2.24) is 15.0 Å². The molecule has 0 saturated heterocycles. The van der Waals surface area contributed by atoms with Crippen LogP contribution in [-0.4, -0.2) is 15.0 Å². The number of aromatic nitrogens is 3. The molecule has 0 unspecified atom stereocenters. The lowest BCUT2D eigenvalue weighted by Crippen LogP contribution is -2.10. The van der Waals surface area contributed by atoms with E-state index < -0.39 is 0 Å². The van der Waals surface area contributed by atoms with Crippen LogP contribution in [0.2, 0.25) is 0 Å². The molecule has 0 bridgehead atoms. The van der Waals surface area contributed by atoms with Gasteiger partial charge in [0.2, 0.25) is 0 Å². The number of benzene rings is 1. The molecule has 20 heavy (non-hydrogen) atoms. The van der Waals surface area contributed by atoms with Crippen LogP contribution in [-0.2, 0) is 5.41 Å². The maximum absolute atomic E-state index is 4.57. The number of aromatic amines is 1. The van der Waals surface area contributed by atoms with E-state index in [2.05, 4.69) is 67.8 Å². The van der Waals surface area contributed by atoms with Gasteiger partial charge in [0.25, 0.3) is 0 Å². The Kier molecular flexibility index (Phi) is 2.82. The standard InChI is InChI=1S/C17H21N3/c1-10(2)15-19-14-13-7-6-12(17(3,4)5)8-11(13)9-18-16(14)20-15/h6-10H,1-5H3,(H,18,19,20). The Morgan fingerprint density at radius 1 is 1.15 bits per heavy atom. The molecule has 1 aromatic carbocycles. The fourth-order valence-electron chi connectivity index (χ4n) is 2.43. The normalized spacial score (nSPS) is 12.7. The smallest absolute Gasteiger partial charge is 0.178 e. The molecule has 0 aliphatic heterocycles. The molecule has 104 valence electrons. The number of pyridine rings is 1. The third kappa shape index (κ3) is 2.07. The van der Waals surface area contributed by atoms with Crippen molar-refractivity contribution in [1.29, 1.82) is 0 Å². The highest BCUT2D eigenvalue weighted by atomic mass is 15.0. The van der Waals surface area contributed by atoms with Crippen LogP contribution >= 0.6 is 0 Å². The number of nitrogens with one attached hydrogen (secondary N) is 1. The van der Waals surface area contributed by atoms with Gasteiger partial charge in [-0.3, -0.25) is 0 Å². The molecule has 3 rings (SSSR count). The summed E-state index contributed by atoms with van der Waals surface area (Å²) in [5, 5.41) is 2.37. The zero-order valence-corrected chi connectivity index (χ0v) is 12.8. The largest absolute Gasteiger partial charge is 0.340 e.